The van der Waals surface area contributed by atoms with Crippen molar-refractivity contribution in [2.75, 3.05) is 13.2 Å². The van der Waals surface area contributed by atoms with E-state index in [0.717, 1.165) is 38.2 Å². The van der Waals surface area contributed by atoms with E-state index in [1.54, 1.807) is 6.33 Å². The maximum absolute atomic E-state index is 5.48. The van der Waals surface area contributed by atoms with Crippen LogP contribution in [0.25, 0.3) is 0 Å². The zero-order chi connectivity index (χ0) is 10.5. The first-order valence-electron chi connectivity index (χ1n) is 5.55. The monoisotopic (exact) mass is 210 g/mol. The molecule has 5 nitrogen and oxygen atoms in total. The molecule has 1 aromatic rings. The van der Waals surface area contributed by atoms with Gasteiger partial charge in [0, 0.05) is 19.1 Å². The van der Waals surface area contributed by atoms with Crippen molar-refractivity contribution in [1.82, 2.24) is 20.5 Å². The van der Waals surface area contributed by atoms with Crippen LogP contribution >= 0.6 is 0 Å². The molecule has 84 valence electrons. The van der Waals surface area contributed by atoms with Gasteiger partial charge in [-0.05, 0) is 26.3 Å². The highest BCUT2D eigenvalue weighted by Crippen LogP contribution is 2.12. The second kappa shape index (κ2) is 5.23. The van der Waals surface area contributed by atoms with E-state index in [0.29, 0.717) is 12.1 Å². The largest absolute Gasteiger partial charge is 0.377 e. The van der Waals surface area contributed by atoms with Crippen molar-refractivity contribution in [1.29, 1.82) is 0 Å². The Hall–Kier alpha value is -0.940. The number of aromatic amines is 1. The molecule has 1 aliphatic heterocycles. The molecular formula is C10H18N4O. The molecular weight excluding hydrogens is 192 g/mol. The van der Waals surface area contributed by atoms with Crippen molar-refractivity contribution in [2.24, 2.45) is 0 Å². The van der Waals surface area contributed by atoms with Crippen molar-refractivity contribution in [3.63, 3.8) is 0 Å². The number of rotatable bonds is 5. The molecule has 0 saturated carbocycles. The smallest absolute Gasteiger partial charge is 0.137 e. The van der Waals surface area contributed by atoms with Crippen LogP contribution in [0.5, 0.6) is 0 Å². The normalized spacial score (nSPS) is 25.9. The summed E-state index contributed by atoms with van der Waals surface area (Å²) in [6.07, 6.45) is 5.07. The third-order valence-corrected chi connectivity index (χ3v) is 2.84. The summed E-state index contributed by atoms with van der Waals surface area (Å²) in [7, 11) is 0. The number of ether oxygens (including phenoxy) is 1. The highest BCUT2D eigenvalue weighted by molar-refractivity contribution is 4.82. The molecule has 2 rings (SSSR count). The lowest BCUT2D eigenvalue weighted by molar-refractivity contribution is 0.113. The first kappa shape index (κ1) is 10.6. The fourth-order valence-corrected chi connectivity index (χ4v) is 1.89. The molecule has 1 fully saturated rings. The Morgan fingerprint density at radius 1 is 1.67 bits per heavy atom. The minimum absolute atomic E-state index is 0.357. The fraction of sp³-hybridized carbons (Fsp3) is 0.800. The summed E-state index contributed by atoms with van der Waals surface area (Å²) in [5.41, 5.74) is 0. The molecule has 0 aliphatic carbocycles. The Kier molecular flexibility index (Phi) is 3.69. The van der Waals surface area contributed by atoms with Gasteiger partial charge in [-0.1, -0.05) is 0 Å². The van der Waals surface area contributed by atoms with Crippen molar-refractivity contribution in [3.05, 3.63) is 12.2 Å². The van der Waals surface area contributed by atoms with E-state index in [1.165, 1.54) is 0 Å². The Balaban J connectivity index is 1.59. The van der Waals surface area contributed by atoms with Gasteiger partial charge in [0.1, 0.15) is 12.2 Å². The van der Waals surface area contributed by atoms with E-state index in [4.69, 9.17) is 4.74 Å². The van der Waals surface area contributed by atoms with Crippen LogP contribution in [0.4, 0.5) is 0 Å². The molecule has 2 atom stereocenters. The van der Waals surface area contributed by atoms with Crippen LogP contribution in [0.15, 0.2) is 6.33 Å². The average molecular weight is 210 g/mol. The maximum Gasteiger partial charge on any atom is 0.137 e. The number of H-pyrrole nitrogens is 1. The lowest BCUT2D eigenvalue weighted by atomic mass is 10.1. The van der Waals surface area contributed by atoms with Crippen LogP contribution in [-0.4, -0.2) is 40.5 Å². The van der Waals surface area contributed by atoms with Gasteiger partial charge in [0.05, 0.1) is 6.10 Å². The van der Waals surface area contributed by atoms with Crippen LogP contribution in [0.2, 0.25) is 0 Å². The van der Waals surface area contributed by atoms with E-state index < -0.39 is 0 Å². The number of nitrogens with zero attached hydrogens (tertiary/aromatic N) is 2. The predicted molar refractivity (Wildman–Crippen MR) is 56.5 cm³/mol. The Morgan fingerprint density at radius 3 is 3.27 bits per heavy atom. The summed E-state index contributed by atoms with van der Waals surface area (Å²) in [5, 5.41) is 10.2. The molecule has 2 unspecified atom stereocenters. The third-order valence-electron chi connectivity index (χ3n) is 2.84. The minimum Gasteiger partial charge on any atom is -0.377 e. The molecule has 1 aromatic heterocycles. The summed E-state index contributed by atoms with van der Waals surface area (Å²) in [6, 6.07) is 0.528. The summed E-state index contributed by atoms with van der Waals surface area (Å²) in [5.74, 6) is 0.965. The van der Waals surface area contributed by atoms with Gasteiger partial charge < -0.3 is 10.1 Å². The van der Waals surface area contributed by atoms with Gasteiger partial charge in [-0.25, -0.2) is 4.98 Å². The van der Waals surface area contributed by atoms with Gasteiger partial charge >= 0.3 is 0 Å². The second-order valence-corrected chi connectivity index (χ2v) is 3.96. The Bertz CT molecular complexity index is 275. The number of aryl methyl sites for hydroxylation is 1. The van der Waals surface area contributed by atoms with Crippen molar-refractivity contribution >= 4 is 0 Å². The van der Waals surface area contributed by atoms with Gasteiger partial charge in [0.2, 0.25) is 0 Å². The van der Waals surface area contributed by atoms with Crippen LogP contribution in [0.1, 0.15) is 25.6 Å². The van der Waals surface area contributed by atoms with Crippen molar-refractivity contribution in [2.45, 2.75) is 38.3 Å². The molecule has 15 heavy (non-hydrogen) atoms. The molecule has 5 heteroatoms. The molecule has 0 aromatic carbocycles. The minimum atomic E-state index is 0.357. The van der Waals surface area contributed by atoms with Crippen LogP contribution < -0.4 is 5.32 Å². The fourth-order valence-electron chi connectivity index (χ4n) is 1.89. The standard InChI is InChI=1S/C10H18N4O/c1-8-9(4-6-15-8)11-5-2-3-10-12-7-13-14-10/h7-9,11H,2-6H2,1H3,(H,12,13,14). The molecule has 0 radical (unpaired) electrons. The molecule has 0 bridgehead atoms. The Labute approximate surface area is 89.6 Å². The molecule has 0 spiro atoms. The number of nitrogens with one attached hydrogen (secondary N) is 2. The first-order valence-corrected chi connectivity index (χ1v) is 5.55. The van der Waals surface area contributed by atoms with Crippen LogP contribution in [0.3, 0.4) is 0 Å². The van der Waals surface area contributed by atoms with Crippen LogP contribution in [-0.2, 0) is 11.2 Å². The molecule has 2 heterocycles. The predicted octanol–water partition coefficient (Wildman–Crippen LogP) is 0.504. The quantitative estimate of drug-likeness (QED) is 0.695. The van der Waals surface area contributed by atoms with Crippen LogP contribution in [0, 0.1) is 0 Å². The number of hydrogen-bond acceptors (Lipinski definition) is 4. The van der Waals surface area contributed by atoms with E-state index in [1.807, 2.05) is 0 Å². The van der Waals surface area contributed by atoms with Gasteiger partial charge in [-0.2, -0.15) is 5.10 Å². The zero-order valence-corrected chi connectivity index (χ0v) is 9.07. The molecule has 0 amide bonds. The summed E-state index contributed by atoms with van der Waals surface area (Å²) >= 11 is 0. The number of aromatic nitrogens is 3. The third kappa shape index (κ3) is 3.00. The molecule has 1 saturated heterocycles. The first-order chi connectivity index (χ1) is 7.36. The second-order valence-electron chi connectivity index (χ2n) is 3.96. The maximum atomic E-state index is 5.48. The summed E-state index contributed by atoms with van der Waals surface area (Å²) < 4.78 is 5.48. The van der Waals surface area contributed by atoms with Gasteiger partial charge in [-0.15, -0.1) is 0 Å². The lowest BCUT2D eigenvalue weighted by Crippen LogP contribution is -2.35. The number of hydrogen-bond donors (Lipinski definition) is 2. The highest BCUT2D eigenvalue weighted by Gasteiger charge is 2.22. The Morgan fingerprint density at radius 2 is 2.60 bits per heavy atom. The van der Waals surface area contributed by atoms with Crippen molar-refractivity contribution in [3.8, 4) is 0 Å². The van der Waals surface area contributed by atoms with E-state index in [-0.39, 0.29) is 0 Å². The van der Waals surface area contributed by atoms with Gasteiger partial charge in [0.15, 0.2) is 0 Å². The average Bonchev–Trinajstić information content (AvgIpc) is 2.85. The summed E-state index contributed by atoms with van der Waals surface area (Å²) in [6.45, 7) is 4.03. The zero-order valence-electron chi connectivity index (χ0n) is 9.07. The molecule has 2 N–H and O–H groups in total. The molecule has 1 aliphatic rings. The SMILES string of the molecule is CC1OCCC1NCCCc1ncn[nH]1. The van der Waals surface area contributed by atoms with Crippen molar-refractivity contribution < 1.29 is 4.74 Å². The van der Waals surface area contributed by atoms with E-state index in [2.05, 4.69) is 27.4 Å². The lowest BCUT2D eigenvalue weighted by Gasteiger charge is -2.15. The highest BCUT2D eigenvalue weighted by atomic mass is 16.5. The topological polar surface area (TPSA) is 62.8 Å². The summed E-state index contributed by atoms with van der Waals surface area (Å²) in [4.78, 5) is 4.08. The van der Waals surface area contributed by atoms with Gasteiger partial charge in [-0.3, -0.25) is 5.10 Å². The van der Waals surface area contributed by atoms with E-state index >= 15 is 0 Å². The van der Waals surface area contributed by atoms with E-state index in [9.17, 15) is 0 Å². The van der Waals surface area contributed by atoms with Gasteiger partial charge in [0.25, 0.3) is 0 Å².